The molecule has 3 heteroatoms. The Morgan fingerprint density at radius 1 is 1.22 bits per heavy atom. The molecule has 100 valence electrons. The molecule has 1 atom stereocenters. The molecule has 1 aliphatic rings. The van der Waals surface area contributed by atoms with Crippen LogP contribution in [0, 0.1) is 0 Å². The lowest BCUT2D eigenvalue weighted by atomic mass is 10.1. The second kappa shape index (κ2) is 6.88. The molecule has 1 aromatic carbocycles. The summed E-state index contributed by atoms with van der Waals surface area (Å²) in [7, 11) is 2.23. The lowest BCUT2D eigenvalue weighted by Crippen LogP contribution is -2.40. The Bertz CT molecular complexity index is 339. The van der Waals surface area contributed by atoms with Gasteiger partial charge in [0.25, 0.3) is 0 Å². The number of rotatable bonds is 4. The van der Waals surface area contributed by atoms with E-state index in [1.165, 1.54) is 25.1 Å². The minimum absolute atomic E-state index is 0.612. The van der Waals surface area contributed by atoms with Crippen LogP contribution in [0.3, 0.4) is 0 Å². The van der Waals surface area contributed by atoms with Gasteiger partial charge in [-0.3, -0.25) is 4.90 Å². The normalized spacial score (nSPS) is 22.9. The van der Waals surface area contributed by atoms with Gasteiger partial charge in [-0.05, 0) is 45.1 Å². The highest BCUT2D eigenvalue weighted by atomic mass is 15.2. The predicted octanol–water partition coefficient (Wildman–Crippen LogP) is 1.54. The lowest BCUT2D eigenvalue weighted by Gasteiger charge is -2.28. The fourth-order valence-corrected chi connectivity index (χ4v) is 2.74. The Kier molecular flexibility index (Phi) is 5.17. The van der Waals surface area contributed by atoms with Crippen LogP contribution in [-0.2, 0) is 6.54 Å². The van der Waals surface area contributed by atoms with E-state index in [0.717, 1.165) is 26.1 Å². The third-order valence-electron chi connectivity index (χ3n) is 3.83. The lowest BCUT2D eigenvalue weighted by molar-refractivity contribution is 0.196. The molecule has 0 bridgehead atoms. The molecule has 0 radical (unpaired) electrons. The molecule has 1 heterocycles. The Hall–Kier alpha value is -0.900. The van der Waals surface area contributed by atoms with Crippen molar-refractivity contribution in [2.75, 3.05) is 33.2 Å². The standard InChI is InChI=1S/C15H25N3/c1-17-10-5-11-18(13-15(17)8-9-16)12-14-6-3-2-4-7-14/h2-4,6-7,15H,5,8-13,16H2,1H3. The van der Waals surface area contributed by atoms with Crippen molar-refractivity contribution in [3.8, 4) is 0 Å². The monoisotopic (exact) mass is 247 g/mol. The highest BCUT2D eigenvalue weighted by Gasteiger charge is 2.21. The maximum absolute atomic E-state index is 5.73. The summed E-state index contributed by atoms with van der Waals surface area (Å²) in [6.07, 6.45) is 2.35. The van der Waals surface area contributed by atoms with Crippen LogP contribution in [0.1, 0.15) is 18.4 Å². The third-order valence-corrected chi connectivity index (χ3v) is 3.83. The van der Waals surface area contributed by atoms with Gasteiger partial charge in [-0.15, -0.1) is 0 Å². The number of likely N-dealkylation sites (N-methyl/N-ethyl adjacent to an activating group) is 1. The maximum Gasteiger partial charge on any atom is 0.0234 e. The largest absolute Gasteiger partial charge is 0.330 e. The smallest absolute Gasteiger partial charge is 0.0234 e. The molecule has 1 aliphatic heterocycles. The molecule has 0 saturated carbocycles. The van der Waals surface area contributed by atoms with Gasteiger partial charge in [-0.2, -0.15) is 0 Å². The van der Waals surface area contributed by atoms with Crippen LogP contribution in [0.15, 0.2) is 30.3 Å². The molecular weight excluding hydrogens is 222 g/mol. The highest BCUT2D eigenvalue weighted by Crippen LogP contribution is 2.13. The fourth-order valence-electron chi connectivity index (χ4n) is 2.74. The first-order valence-electron chi connectivity index (χ1n) is 6.96. The zero-order valence-corrected chi connectivity index (χ0v) is 11.4. The molecule has 2 N–H and O–H groups in total. The van der Waals surface area contributed by atoms with Gasteiger partial charge in [-0.25, -0.2) is 0 Å². The second-order valence-corrected chi connectivity index (χ2v) is 5.29. The van der Waals surface area contributed by atoms with E-state index < -0.39 is 0 Å². The number of benzene rings is 1. The fraction of sp³-hybridized carbons (Fsp3) is 0.600. The Balaban J connectivity index is 1.95. The van der Waals surface area contributed by atoms with Crippen LogP contribution in [-0.4, -0.2) is 49.1 Å². The van der Waals surface area contributed by atoms with Gasteiger partial charge < -0.3 is 10.6 Å². The summed E-state index contributed by atoms with van der Waals surface area (Å²) in [5.74, 6) is 0. The van der Waals surface area contributed by atoms with Crippen molar-refractivity contribution in [2.24, 2.45) is 5.73 Å². The zero-order chi connectivity index (χ0) is 12.8. The minimum atomic E-state index is 0.612. The van der Waals surface area contributed by atoms with Crippen molar-refractivity contribution in [1.82, 2.24) is 9.80 Å². The van der Waals surface area contributed by atoms with Crippen LogP contribution < -0.4 is 5.73 Å². The maximum atomic E-state index is 5.73. The average molecular weight is 247 g/mol. The first kappa shape index (κ1) is 13.5. The minimum Gasteiger partial charge on any atom is -0.330 e. The Morgan fingerprint density at radius 2 is 2.00 bits per heavy atom. The summed E-state index contributed by atoms with van der Waals surface area (Å²) < 4.78 is 0. The van der Waals surface area contributed by atoms with Gasteiger partial charge in [0, 0.05) is 19.1 Å². The quantitative estimate of drug-likeness (QED) is 0.876. The number of nitrogens with two attached hydrogens (primary N) is 1. The summed E-state index contributed by atoms with van der Waals surface area (Å²) in [4.78, 5) is 5.04. The van der Waals surface area contributed by atoms with E-state index in [0.29, 0.717) is 6.04 Å². The van der Waals surface area contributed by atoms with Crippen molar-refractivity contribution >= 4 is 0 Å². The van der Waals surface area contributed by atoms with E-state index in [2.05, 4.69) is 47.2 Å². The van der Waals surface area contributed by atoms with E-state index in [-0.39, 0.29) is 0 Å². The molecule has 0 amide bonds. The molecule has 1 saturated heterocycles. The van der Waals surface area contributed by atoms with Crippen molar-refractivity contribution < 1.29 is 0 Å². The molecule has 18 heavy (non-hydrogen) atoms. The van der Waals surface area contributed by atoms with E-state index in [1.54, 1.807) is 0 Å². The predicted molar refractivity (Wildman–Crippen MR) is 76.4 cm³/mol. The van der Waals surface area contributed by atoms with Gasteiger partial charge in [-0.1, -0.05) is 30.3 Å². The molecule has 1 unspecified atom stereocenters. The van der Waals surface area contributed by atoms with Gasteiger partial charge in [0.1, 0.15) is 0 Å². The number of nitrogens with zero attached hydrogens (tertiary/aromatic N) is 2. The molecule has 0 aliphatic carbocycles. The van der Waals surface area contributed by atoms with E-state index >= 15 is 0 Å². The van der Waals surface area contributed by atoms with Crippen molar-refractivity contribution in [2.45, 2.75) is 25.4 Å². The summed E-state index contributed by atoms with van der Waals surface area (Å²) >= 11 is 0. The average Bonchev–Trinajstić information content (AvgIpc) is 2.54. The van der Waals surface area contributed by atoms with Crippen molar-refractivity contribution in [3.05, 3.63) is 35.9 Å². The number of hydrogen-bond donors (Lipinski definition) is 1. The molecule has 1 fully saturated rings. The van der Waals surface area contributed by atoms with Crippen molar-refractivity contribution in [3.63, 3.8) is 0 Å². The van der Waals surface area contributed by atoms with Crippen LogP contribution in [0.5, 0.6) is 0 Å². The van der Waals surface area contributed by atoms with Crippen LogP contribution >= 0.6 is 0 Å². The second-order valence-electron chi connectivity index (χ2n) is 5.29. The molecule has 2 rings (SSSR count). The van der Waals surface area contributed by atoms with Gasteiger partial charge >= 0.3 is 0 Å². The van der Waals surface area contributed by atoms with Crippen molar-refractivity contribution in [1.29, 1.82) is 0 Å². The number of hydrogen-bond acceptors (Lipinski definition) is 3. The molecule has 0 aromatic heterocycles. The first-order valence-corrected chi connectivity index (χ1v) is 6.96. The Labute approximate surface area is 111 Å². The van der Waals surface area contributed by atoms with Gasteiger partial charge in [0.2, 0.25) is 0 Å². The van der Waals surface area contributed by atoms with Gasteiger partial charge in [0.15, 0.2) is 0 Å². The van der Waals surface area contributed by atoms with Crippen LogP contribution in [0.2, 0.25) is 0 Å². The van der Waals surface area contributed by atoms with E-state index in [1.807, 2.05) is 0 Å². The summed E-state index contributed by atoms with van der Waals surface area (Å²) in [5, 5.41) is 0. The highest BCUT2D eigenvalue weighted by molar-refractivity contribution is 5.14. The summed E-state index contributed by atoms with van der Waals surface area (Å²) in [6.45, 7) is 5.38. The molecular formula is C15H25N3. The molecule has 3 nitrogen and oxygen atoms in total. The van der Waals surface area contributed by atoms with Crippen LogP contribution in [0.25, 0.3) is 0 Å². The zero-order valence-electron chi connectivity index (χ0n) is 11.4. The topological polar surface area (TPSA) is 32.5 Å². The molecule has 0 spiro atoms. The van der Waals surface area contributed by atoms with Gasteiger partial charge in [0.05, 0.1) is 0 Å². The van der Waals surface area contributed by atoms with Crippen LogP contribution in [0.4, 0.5) is 0 Å². The summed E-state index contributed by atoms with van der Waals surface area (Å²) in [6, 6.07) is 11.4. The third kappa shape index (κ3) is 3.80. The first-order chi connectivity index (χ1) is 8.79. The summed E-state index contributed by atoms with van der Waals surface area (Å²) in [5.41, 5.74) is 7.14. The van der Waals surface area contributed by atoms with E-state index in [4.69, 9.17) is 5.73 Å². The molecule has 1 aromatic rings. The van der Waals surface area contributed by atoms with E-state index in [9.17, 15) is 0 Å². The Morgan fingerprint density at radius 3 is 2.72 bits per heavy atom. The SMILES string of the molecule is CN1CCCN(Cc2ccccc2)CC1CCN.